The molecule has 0 radical (unpaired) electrons. The van der Waals surface area contributed by atoms with Crippen LogP contribution in [0.25, 0.3) is 0 Å². The first-order chi connectivity index (χ1) is 9.81. The summed E-state index contributed by atoms with van der Waals surface area (Å²) in [7, 11) is 0. The number of hydrogen-bond donors (Lipinski definition) is 1. The van der Waals surface area contributed by atoms with Gasteiger partial charge in [0, 0.05) is 6.20 Å². The third-order valence-electron chi connectivity index (χ3n) is 3.56. The third kappa shape index (κ3) is 3.24. The second-order valence-electron chi connectivity index (χ2n) is 7.03. The largest absolute Gasteiger partial charge is 0.433 e. The number of amides is 1. The summed E-state index contributed by atoms with van der Waals surface area (Å²) in [6.45, 7) is 6.85. The first-order valence-electron chi connectivity index (χ1n) is 6.91. The summed E-state index contributed by atoms with van der Waals surface area (Å²) >= 11 is 0. The lowest BCUT2D eigenvalue weighted by Gasteiger charge is -2.44. The second-order valence-corrected chi connectivity index (χ2v) is 7.03. The van der Waals surface area contributed by atoms with E-state index in [0.29, 0.717) is 0 Å². The Morgan fingerprint density at radius 1 is 1.32 bits per heavy atom. The van der Waals surface area contributed by atoms with E-state index in [2.05, 4.69) is 4.98 Å². The first-order valence-corrected chi connectivity index (χ1v) is 6.91. The highest BCUT2D eigenvalue weighted by Crippen LogP contribution is 2.36. The van der Waals surface area contributed by atoms with Crippen molar-refractivity contribution in [1.29, 1.82) is 0 Å². The SMILES string of the molecule is CC1(O)CN(C(=O)c2cnc(C(F)(F)F)c(C(C)(C)C)c2)C1. The van der Waals surface area contributed by atoms with Crippen molar-refractivity contribution in [2.45, 2.75) is 44.9 Å². The van der Waals surface area contributed by atoms with Crippen molar-refractivity contribution in [3.63, 3.8) is 0 Å². The van der Waals surface area contributed by atoms with E-state index in [4.69, 9.17) is 0 Å². The van der Waals surface area contributed by atoms with Gasteiger partial charge in [0.1, 0.15) is 5.69 Å². The minimum Gasteiger partial charge on any atom is -0.386 e. The molecular formula is C15H19F3N2O2. The lowest BCUT2D eigenvalue weighted by molar-refractivity contribution is -0.142. The molecule has 1 fully saturated rings. The van der Waals surface area contributed by atoms with Crippen LogP contribution in [-0.4, -0.2) is 39.6 Å². The molecule has 1 aromatic heterocycles. The van der Waals surface area contributed by atoms with Crippen molar-refractivity contribution in [3.05, 3.63) is 29.1 Å². The van der Waals surface area contributed by atoms with Crippen molar-refractivity contribution in [2.75, 3.05) is 13.1 Å². The van der Waals surface area contributed by atoms with Gasteiger partial charge in [-0.25, -0.2) is 0 Å². The molecule has 2 heterocycles. The van der Waals surface area contributed by atoms with Gasteiger partial charge in [-0.3, -0.25) is 9.78 Å². The molecule has 7 heteroatoms. The molecule has 0 bridgehead atoms. The van der Waals surface area contributed by atoms with Gasteiger partial charge in [-0.2, -0.15) is 13.2 Å². The Labute approximate surface area is 127 Å². The number of halogens is 3. The van der Waals surface area contributed by atoms with Crippen molar-refractivity contribution < 1.29 is 23.1 Å². The smallest absolute Gasteiger partial charge is 0.386 e. The summed E-state index contributed by atoms with van der Waals surface area (Å²) in [6, 6.07) is 1.26. The molecule has 122 valence electrons. The summed E-state index contributed by atoms with van der Waals surface area (Å²) in [4.78, 5) is 17.1. The summed E-state index contributed by atoms with van der Waals surface area (Å²) in [5.74, 6) is -0.418. The highest BCUT2D eigenvalue weighted by Gasteiger charge is 2.42. The summed E-state index contributed by atoms with van der Waals surface area (Å²) < 4.78 is 39.2. The van der Waals surface area contributed by atoms with Crippen LogP contribution in [0.1, 0.15) is 49.3 Å². The molecular weight excluding hydrogens is 297 g/mol. The van der Waals surface area contributed by atoms with Gasteiger partial charge in [-0.1, -0.05) is 20.8 Å². The monoisotopic (exact) mass is 316 g/mol. The van der Waals surface area contributed by atoms with Crippen LogP contribution in [-0.2, 0) is 11.6 Å². The lowest BCUT2D eigenvalue weighted by Crippen LogP contribution is -2.61. The van der Waals surface area contributed by atoms with Crippen LogP contribution in [0.3, 0.4) is 0 Å². The molecule has 0 unspecified atom stereocenters. The number of nitrogens with zero attached hydrogens (tertiary/aromatic N) is 2. The average molecular weight is 316 g/mol. The van der Waals surface area contributed by atoms with Crippen molar-refractivity contribution in [3.8, 4) is 0 Å². The van der Waals surface area contributed by atoms with Crippen LogP contribution >= 0.6 is 0 Å². The molecule has 2 rings (SSSR count). The van der Waals surface area contributed by atoms with Crippen LogP contribution in [0.2, 0.25) is 0 Å². The van der Waals surface area contributed by atoms with Crippen molar-refractivity contribution in [2.24, 2.45) is 0 Å². The van der Waals surface area contributed by atoms with E-state index in [-0.39, 0.29) is 24.2 Å². The minimum atomic E-state index is -4.56. The van der Waals surface area contributed by atoms with Crippen molar-refractivity contribution in [1.82, 2.24) is 9.88 Å². The number of aliphatic hydroxyl groups is 1. The molecule has 0 atom stereocenters. The van der Waals surface area contributed by atoms with E-state index in [1.54, 1.807) is 27.7 Å². The molecule has 0 saturated carbocycles. The quantitative estimate of drug-likeness (QED) is 0.866. The van der Waals surface area contributed by atoms with E-state index >= 15 is 0 Å². The van der Waals surface area contributed by atoms with E-state index in [9.17, 15) is 23.1 Å². The van der Waals surface area contributed by atoms with E-state index < -0.39 is 28.8 Å². The Kier molecular flexibility index (Phi) is 3.76. The second kappa shape index (κ2) is 4.94. The van der Waals surface area contributed by atoms with Gasteiger partial charge in [-0.05, 0) is 24.0 Å². The van der Waals surface area contributed by atoms with Crippen LogP contribution in [0.4, 0.5) is 13.2 Å². The molecule has 0 aliphatic carbocycles. The van der Waals surface area contributed by atoms with Crippen LogP contribution in [0.15, 0.2) is 12.3 Å². The molecule has 4 nitrogen and oxygen atoms in total. The Morgan fingerprint density at radius 2 is 1.86 bits per heavy atom. The Balaban J connectivity index is 2.38. The number of hydrogen-bond acceptors (Lipinski definition) is 3. The zero-order valence-corrected chi connectivity index (χ0v) is 13.0. The predicted molar refractivity (Wildman–Crippen MR) is 74.5 cm³/mol. The summed E-state index contributed by atoms with van der Waals surface area (Å²) in [6.07, 6.45) is -3.61. The number of carbonyl (C=O) groups is 1. The fraction of sp³-hybridized carbons (Fsp3) is 0.600. The van der Waals surface area contributed by atoms with Crippen LogP contribution in [0, 0.1) is 0 Å². The maximum atomic E-state index is 13.1. The topological polar surface area (TPSA) is 53.4 Å². The number of alkyl halides is 3. The van der Waals surface area contributed by atoms with Gasteiger partial charge in [0.05, 0.1) is 24.3 Å². The van der Waals surface area contributed by atoms with E-state index in [1.165, 1.54) is 11.0 Å². The van der Waals surface area contributed by atoms with Gasteiger partial charge < -0.3 is 10.0 Å². The van der Waals surface area contributed by atoms with Crippen LogP contribution in [0.5, 0.6) is 0 Å². The minimum absolute atomic E-state index is 0.0156. The fourth-order valence-corrected chi connectivity index (χ4v) is 2.48. The maximum absolute atomic E-state index is 13.1. The van der Waals surface area contributed by atoms with Gasteiger partial charge >= 0.3 is 6.18 Å². The number of carbonyl (C=O) groups excluding carboxylic acids is 1. The number of likely N-dealkylation sites (tertiary alicyclic amines) is 1. The fourth-order valence-electron chi connectivity index (χ4n) is 2.48. The molecule has 1 saturated heterocycles. The molecule has 0 spiro atoms. The third-order valence-corrected chi connectivity index (χ3v) is 3.56. The van der Waals surface area contributed by atoms with Gasteiger partial charge in [0.25, 0.3) is 5.91 Å². The molecule has 22 heavy (non-hydrogen) atoms. The van der Waals surface area contributed by atoms with E-state index in [1.807, 2.05) is 0 Å². The Bertz CT molecular complexity index is 596. The highest BCUT2D eigenvalue weighted by molar-refractivity contribution is 5.95. The number of β-amino-alcohol motifs (C(OH)–C–C–N with tert-alkyl or cyclic N) is 1. The number of aromatic nitrogens is 1. The highest BCUT2D eigenvalue weighted by atomic mass is 19.4. The van der Waals surface area contributed by atoms with Crippen LogP contribution < -0.4 is 0 Å². The Morgan fingerprint density at radius 3 is 2.27 bits per heavy atom. The van der Waals surface area contributed by atoms with Gasteiger partial charge in [0.2, 0.25) is 0 Å². The Hall–Kier alpha value is -1.63. The molecule has 1 aliphatic rings. The zero-order chi connectivity index (χ0) is 16.9. The molecule has 1 amide bonds. The molecule has 1 aliphatic heterocycles. The number of rotatable bonds is 1. The zero-order valence-electron chi connectivity index (χ0n) is 13.0. The first kappa shape index (κ1) is 16.7. The standard InChI is InChI=1S/C15H19F3N2O2/c1-13(2,3)10-5-9(6-19-11(10)15(16,17)18)12(21)20-7-14(4,22)8-20/h5-6,22H,7-8H2,1-4H3. The van der Waals surface area contributed by atoms with Gasteiger partial charge in [0.15, 0.2) is 0 Å². The predicted octanol–water partition coefficient (Wildman–Crippen LogP) is 2.60. The maximum Gasteiger partial charge on any atom is 0.433 e. The normalized spacial score (nSPS) is 18.1. The van der Waals surface area contributed by atoms with E-state index in [0.717, 1.165) is 6.20 Å². The molecule has 1 N–H and O–H groups in total. The summed E-state index contributed by atoms with van der Waals surface area (Å²) in [5.41, 5.74) is -2.60. The van der Waals surface area contributed by atoms with Crippen molar-refractivity contribution >= 4 is 5.91 Å². The van der Waals surface area contributed by atoms with Gasteiger partial charge in [-0.15, -0.1) is 0 Å². The summed E-state index contributed by atoms with van der Waals surface area (Å²) in [5, 5.41) is 9.66. The molecule has 0 aromatic carbocycles. The molecule has 1 aromatic rings. The average Bonchev–Trinajstić information content (AvgIpc) is 2.32. The lowest BCUT2D eigenvalue weighted by atomic mass is 9.84. The number of pyridine rings is 1.